The molecule has 0 unspecified atom stereocenters. The quantitative estimate of drug-likeness (QED) is 0.421. The number of aliphatic hydroxyl groups is 1. The number of aliphatic hydroxyl groups excluding tert-OH is 1. The van der Waals surface area contributed by atoms with E-state index in [1.54, 1.807) is 4.68 Å². The fourth-order valence-electron chi connectivity index (χ4n) is 4.16. The molecule has 0 fully saturated rings. The Balaban J connectivity index is 0.000000240. The van der Waals surface area contributed by atoms with E-state index in [0.717, 1.165) is 30.0 Å². The number of hydrogen-bond donors (Lipinski definition) is 1. The van der Waals surface area contributed by atoms with E-state index in [1.807, 2.05) is 49.0 Å². The molecule has 0 saturated carbocycles. The Labute approximate surface area is 205 Å². The molecule has 0 aliphatic carbocycles. The molecule has 0 amide bonds. The molecule has 0 bridgehead atoms. The first kappa shape index (κ1) is 27.5. The molecule has 5 nitrogen and oxygen atoms in total. The normalized spacial score (nSPS) is 11.0. The monoisotopic (exact) mass is 465 g/mol. The maximum absolute atomic E-state index is 12.4. The summed E-state index contributed by atoms with van der Waals surface area (Å²) in [4.78, 5) is 14.7. The van der Waals surface area contributed by atoms with Crippen molar-refractivity contribution in [3.05, 3.63) is 81.8 Å². The van der Waals surface area contributed by atoms with Crippen LogP contribution in [-0.4, -0.2) is 34.2 Å². The number of hydrogen-bond acceptors (Lipinski definition) is 3. The molecule has 186 valence electrons. The van der Waals surface area contributed by atoms with Crippen LogP contribution in [0.1, 0.15) is 76.1 Å². The second-order valence-electron chi connectivity index (χ2n) is 9.44. The number of unbranched alkanes of at least 4 members (excludes halogenated alkanes) is 1. The first-order chi connectivity index (χ1) is 16.2. The highest BCUT2D eigenvalue weighted by molar-refractivity contribution is 5.48. The van der Waals surface area contributed by atoms with E-state index in [1.165, 1.54) is 24.1 Å². The molecule has 3 rings (SSSR count). The number of nitrogens with zero attached hydrogens (tertiary/aromatic N) is 3. The van der Waals surface area contributed by atoms with Crippen molar-refractivity contribution in [3.8, 4) is 5.69 Å². The van der Waals surface area contributed by atoms with Crippen LogP contribution in [0.15, 0.2) is 59.4 Å². The molecule has 0 spiro atoms. The van der Waals surface area contributed by atoms with Gasteiger partial charge in [-0.15, -0.1) is 0 Å². The second-order valence-corrected chi connectivity index (χ2v) is 9.44. The van der Waals surface area contributed by atoms with Gasteiger partial charge in [0.25, 0.3) is 5.56 Å². The fourth-order valence-corrected chi connectivity index (χ4v) is 4.16. The van der Waals surface area contributed by atoms with Crippen LogP contribution in [0, 0.1) is 6.92 Å². The van der Waals surface area contributed by atoms with Gasteiger partial charge in [0.1, 0.15) is 0 Å². The largest absolute Gasteiger partial charge is 0.395 e. The molecule has 0 radical (unpaired) electrons. The minimum Gasteiger partial charge on any atom is -0.395 e. The van der Waals surface area contributed by atoms with Crippen molar-refractivity contribution in [1.29, 1.82) is 0 Å². The molecule has 3 aromatic rings. The van der Waals surface area contributed by atoms with Crippen molar-refractivity contribution < 1.29 is 5.11 Å². The molecule has 0 saturated heterocycles. The lowest BCUT2D eigenvalue weighted by molar-refractivity contribution is 0.301. The van der Waals surface area contributed by atoms with Gasteiger partial charge in [0.05, 0.1) is 12.3 Å². The van der Waals surface area contributed by atoms with Gasteiger partial charge in [0.15, 0.2) is 0 Å². The number of rotatable bonds is 9. The van der Waals surface area contributed by atoms with E-state index in [9.17, 15) is 4.79 Å². The zero-order chi connectivity index (χ0) is 25.3. The van der Waals surface area contributed by atoms with Crippen LogP contribution in [0.5, 0.6) is 0 Å². The van der Waals surface area contributed by atoms with Gasteiger partial charge in [0.2, 0.25) is 0 Å². The molecular weight excluding hydrogens is 422 g/mol. The standard InChI is InChI=1S/C15H25NO.C14H18N2O/c1-4-5-10-16(11-12-17)15-8-6-14(7-9-15)13(2)3;1-10(2)13-11(3)15(4)16(14(13)17)12-8-6-5-7-9-12/h6-9,13,17H,4-5,10-12H2,1-3H3;5-10H,1-4H3. The van der Waals surface area contributed by atoms with E-state index < -0.39 is 0 Å². The molecule has 0 atom stereocenters. The van der Waals surface area contributed by atoms with Gasteiger partial charge in [-0.3, -0.25) is 9.48 Å². The predicted octanol–water partition coefficient (Wildman–Crippen LogP) is 6.02. The lowest BCUT2D eigenvalue weighted by Crippen LogP contribution is -2.27. The fraction of sp³-hybridized carbons (Fsp3) is 0.483. The summed E-state index contributed by atoms with van der Waals surface area (Å²) in [6.45, 7) is 14.7. The molecule has 0 aliphatic heterocycles. The molecule has 34 heavy (non-hydrogen) atoms. The second kappa shape index (κ2) is 13.2. The average Bonchev–Trinajstić information content (AvgIpc) is 3.05. The highest BCUT2D eigenvalue weighted by atomic mass is 16.3. The summed E-state index contributed by atoms with van der Waals surface area (Å²) < 4.78 is 3.65. The van der Waals surface area contributed by atoms with E-state index in [-0.39, 0.29) is 18.1 Å². The third-order valence-electron chi connectivity index (χ3n) is 6.25. The minimum atomic E-state index is 0.0891. The SMILES string of the molecule is CCCCN(CCO)c1ccc(C(C)C)cc1.Cc1c(C(C)C)c(=O)n(-c2ccccc2)n1C. The highest BCUT2D eigenvalue weighted by Crippen LogP contribution is 2.20. The van der Waals surface area contributed by atoms with Gasteiger partial charge in [0, 0.05) is 37.1 Å². The van der Waals surface area contributed by atoms with Crippen molar-refractivity contribution in [2.45, 2.75) is 66.2 Å². The van der Waals surface area contributed by atoms with Crippen LogP contribution >= 0.6 is 0 Å². The zero-order valence-corrected chi connectivity index (χ0v) is 22.1. The molecule has 1 aromatic heterocycles. The number of anilines is 1. The van der Waals surface area contributed by atoms with E-state index in [0.29, 0.717) is 5.92 Å². The van der Waals surface area contributed by atoms with Crippen LogP contribution in [0.3, 0.4) is 0 Å². The Kier molecular flexibility index (Phi) is 10.6. The lowest BCUT2D eigenvalue weighted by Gasteiger charge is -2.24. The van der Waals surface area contributed by atoms with Crippen LogP contribution in [0.4, 0.5) is 5.69 Å². The Morgan fingerprint density at radius 2 is 1.53 bits per heavy atom. The molecule has 0 aliphatic rings. The maximum atomic E-state index is 12.4. The average molecular weight is 466 g/mol. The first-order valence-electron chi connectivity index (χ1n) is 12.5. The van der Waals surface area contributed by atoms with E-state index in [2.05, 4.69) is 63.8 Å². The summed E-state index contributed by atoms with van der Waals surface area (Å²) >= 11 is 0. The van der Waals surface area contributed by atoms with Gasteiger partial charge in [-0.05, 0) is 55.0 Å². The summed E-state index contributed by atoms with van der Waals surface area (Å²) in [5.74, 6) is 0.824. The molecule has 2 aromatic carbocycles. The summed E-state index contributed by atoms with van der Waals surface area (Å²) in [7, 11) is 1.93. The van der Waals surface area contributed by atoms with E-state index in [4.69, 9.17) is 5.11 Å². The van der Waals surface area contributed by atoms with Crippen molar-refractivity contribution >= 4 is 5.69 Å². The Morgan fingerprint density at radius 1 is 0.912 bits per heavy atom. The number of para-hydroxylation sites is 1. The van der Waals surface area contributed by atoms with Crippen molar-refractivity contribution in [2.75, 3.05) is 24.6 Å². The molecule has 1 heterocycles. The number of benzene rings is 2. The zero-order valence-electron chi connectivity index (χ0n) is 22.1. The van der Waals surface area contributed by atoms with Crippen LogP contribution in [0.25, 0.3) is 5.69 Å². The molecule has 1 N–H and O–H groups in total. The van der Waals surface area contributed by atoms with Crippen molar-refractivity contribution in [2.24, 2.45) is 7.05 Å². The van der Waals surface area contributed by atoms with Crippen molar-refractivity contribution in [1.82, 2.24) is 9.36 Å². The van der Waals surface area contributed by atoms with Gasteiger partial charge in [-0.25, -0.2) is 4.68 Å². The van der Waals surface area contributed by atoms with Crippen molar-refractivity contribution in [3.63, 3.8) is 0 Å². The highest BCUT2D eigenvalue weighted by Gasteiger charge is 2.17. The van der Waals surface area contributed by atoms with Gasteiger partial charge in [-0.1, -0.05) is 71.4 Å². The Bertz CT molecular complexity index is 1050. The summed E-state index contributed by atoms with van der Waals surface area (Å²) in [6.07, 6.45) is 2.36. The first-order valence-corrected chi connectivity index (χ1v) is 12.5. The summed E-state index contributed by atoms with van der Waals surface area (Å²) in [5, 5.41) is 9.10. The summed E-state index contributed by atoms with van der Waals surface area (Å²) in [5.41, 5.74) is 5.52. The van der Waals surface area contributed by atoms with Crippen LogP contribution in [-0.2, 0) is 7.05 Å². The van der Waals surface area contributed by atoms with E-state index >= 15 is 0 Å². The third-order valence-corrected chi connectivity index (χ3v) is 6.25. The topological polar surface area (TPSA) is 50.4 Å². The number of aromatic nitrogens is 2. The van der Waals surface area contributed by atoms with Gasteiger partial charge >= 0.3 is 0 Å². The lowest BCUT2D eigenvalue weighted by atomic mass is 10.0. The summed E-state index contributed by atoms with van der Waals surface area (Å²) in [6, 6.07) is 18.5. The smallest absolute Gasteiger partial charge is 0.275 e. The predicted molar refractivity (Wildman–Crippen MR) is 145 cm³/mol. The third kappa shape index (κ3) is 6.86. The van der Waals surface area contributed by atoms with Crippen LogP contribution in [0.2, 0.25) is 0 Å². The van der Waals surface area contributed by atoms with Gasteiger partial charge < -0.3 is 10.0 Å². The van der Waals surface area contributed by atoms with Gasteiger partial charge in [-0.2, -0.15) is 0 Å². The Hall–Kier alpha value is -2.79. The minimum absolute atomic E-state index is 0.0891. The molecule has 5 heteroatoms. The Morgan fingerprint density at radius 3 is 2.00 bits per heavy atom. The maximum Gasteiger partial charge on any atom is 0.275 e. The molecular formula is C29H43N3O2. The van der Waals surface area contributed by atoms with Crippen LogP contribution < -0.4 is 10.5 Å².